The van der Waals surface area contributed by atoms with Gasteiger partial charge in [-0.3, -0.25) is 4.90 Å². The number of carboxylic acid groups (broad SMARTS) is 1. The Kier molecular flexibility index (Phi) is 3.61. The molecule has 3 rings (SSSR count). The van der Waals surface area contributed by atoms with Crippen molar-refractivity contribution in [2.45, 2.75) is 31.3 Å². The van der Waals surface area contributed by atoms with Crippen LogP contribution in [0.3, 0.4) is 0 Å². The lowest BCUT2D eigenvalue weighted by Crippen LogP contribution is -2.37. The number of halogens is 1. The lowest BCUT2D eigenvalue weighted by Gasteiger charge is -2.28. The number of benzene rings is 1. The number of aromatic carboxylic acids is 1. The summed E-state index contributed by atoms with van der Waals surface area (Å²) < 4.78 is 0. The molecule has 0 amide bonds. The van der Waals surface area contributed by atoms with Crippen molar-refractivity contribution in [2.24, 2.45) is 0 Å². The van der Waals surface area contributed by atoms with E-state index in [-0.39, 0.29) is 0 Å². The zero-order chi connectivity index (χ0) is 14.3. The van der Waals surface area contributed by atoms with Crippen molar-refractivity contribution in [1.82, 2.24) is 4.90 Å². The van der Waals surface area contributed by atoms with Gasteiger partial charge in [0.15, 0.2) is 0 Å². The summed E-state index contributed by atoms with van der Waals surface area (Å²) in [5.74, 6) is -0.889. The molecule has 2 bridgehead atoms. The lowest BCUT2D eigenvalue weighted by molar-refractivity contribution is 0.0697. The molecule has 1 aromatic carbocycles. The molecule has 0 aliphatic carbocycles. The molecule has 1 aromatic rings. The first-order valence-corrected chi connectivity index (χ1v) is 7.44. The number of fused-ring (bicyclic) bond motifs is 2. The molecule has 4 nitrogen and oxygen atoms in total. The highest BCUT2D eigenvalue weighted by molar-refractivity contribution is 6.31. The molecule has 2 unspecified atom stereocenters. The minimum atomic E-state index is -0.889. The van der Waals surface area contributed by atoms with Gasteiger partial charge < -0.3 is 10.0 Å². The molecular formula is C15H19ClN2O2. The van der Waals surface area contributed by atoms with Crippen molar-refractivity contribution in [3.8, 4) is 0 Å². The van der Waals surface area contributed by atoms with Crippen molar-refractivity contribution in [1.29, 1.82) is 0 Å². The predicted octanol–water partition coefficient (Wildman–Crippen LogP) is 2.71. The fraction of sp³-hybridized carbons (Fsp3) is 0.533. The quantitative estimate of drug-likeness (QED) is 0.911. The second kappa shape index (κ2) is 5.26. The minimum Gasteiger partial charge on any atom is -0.478 e. The van der Waals surface area contributed by atoms with E-state index in [1.807, 2.05) is 0 Å². The highest BCUT2D eigenvalue weighted by atomic mass is 35.5. The molecule has 108 valence electrons. The van der Waals surface area contributed by atoms with E-state index in [1.165, 1.54) is 12.8 Å². The fourth-order valence-electron chi connectivity index (χ4n) is 3.47. The van der Waals surface area contributed by atoms with Crippen molar-refractivity contribution in [3.05, 3.63) is 28.8 Å². The van der Waals surface area contributed by atoms with E-state index >= 15 is 0 Å². The number of likely N-dealkylation sites (N-methyl/N-ethyl adjacent to an activating group) is 1. The molecule has 2 atom stereocenters. The van der Waals surface area contributed by atoms with Crippen LogP contribution in [0.25, 0.3) is 0 Å². The van der Waals surface area contributed by atoms with Crippen LogP contribution >= 0.6 is 11.6 Å². The van der Waals surface area contributed by atoms with Gasteiger partial charge in [-0.05, 0) is 44.5 Å². The van der Waals surface area contributed by atoms with Crippen molar-refractivity contribution in [3.63, 3.8) is 0 Å². The molecule has 2 heterocycles. The summed E-state index contributed by atoms with van der Waals surface area (Å²) in [6.07, 6.45) is 3.54. The molecule has 1 N–H and O–H groups in total. The zero-order valence-electron chi connectivity index (χ0n) is 11.6. The first-order chi connectivity index (χ1) is 9.56. The van der Waals surface area contributed by atoms with Crippen LogP contribution in [-0.4, -0.2) is 48.2 Å². The Morgan fingerprint density at radius 1 is 1.30 bits per heavy atom. The van der Waals surface area contributed by atoms with Gasteiger partial charge in [0.25, 0.3) is 0 Å². The minimum absolute atomic E-state index is 0.342. The monoisotopic (exact) mass is 294 g/mol. The lowest BCUT2D eigenvalue weighted by atomic mass is 10.1. The molecule has 0 radical (unpaired) electrons. The van der Waals surface area contributed by atoms with Gasteiger partial charge in [0.2, 0.25) is 0 Å². The van der Waals surface area contributed by atoms with E-state index in [9.17, 15) is 9.90 Å². The summed E-state index contributed by atoms with van der Waals surface area (Å²) in [6, 6.07) is 6.18. The highest BCUT2D eigenvalue weighted by Crippen LogP contribution is 2.33. The van der Waals surface area contributed by atoms with E-state index in [0.29, 0.717) is 22.7 Å². The summed E-state index contributed by atoms with van der Waals surface area (Å²) in [5, 5.41) is 9.95. The first-order valence-electron chi connectivity index (χ1n) is 7.06. The number of carbonyl (C=O) groups is 1. The molecular weight excluding hydrogens is 276 g/mol. The number of hydrogen-bond acceptors (Lipinski definition) is 3. The molecule has 0 aromatic heterocycles. The Morgan fingerprint density at radius 3 is 2.80 bits per heavy atom. The Balaban J connectivity index is 1.93. The van der Waals surface area contributed by atoms with Crippen LogP contribution < -0.4 is 4.90 Å². The number of hydrogen-bond donors (Lipinski definition) is 1. The summed E-state index contributed by atoms with van der Waals surface area (Å²) in [4.78, 5) is 16.0. The number of rotatable bonds is 2. The molecule has 2 aliphatic rings. The van der Waals surface area contributed by atoms with Crippen LogP contribution in [0, 0.1) is 0 Å². The third-order valence-electron chi connectivity index (χ3n) is 4.68. The van der Waals surface area contributed by atoms with E-state index in [1.54, 1.807) is 18.2 Å². The van der Waals surface area contributed by atoms with Crippen LogP contribution in [0.15, 0.2) is 18.2 Å². The second-order valence-corrected chi connectivity index (χ2v) is 6.19. The molecule has 0 saturated carbocycles. The Bertz CT molecular complexity index is 535. The van der Waals surface area contributed by atoms with Gasteiger partial charge in [-0.25, -0.2) is 4.79 Å². The largest absolute Gasteiger partial charge is 0.478 e. The molecule has 2 aliphatic heterocycles. The molecule has 0 spiro atoms. The smallest absolute Gasteiger partial charge is 0.337 e. The Labute approximate surface area is 123 Å². The van der Waals surface area contributed by atoms with E-state index in [2.05, 4.69) is 16.8 Å². The van der Waals surface area contributed by atoms with E-state index in [4.69, 9.17) is 11.6 Å². The number of carboxylic acids is 1. The van der Waals surface area contributed by atoms with Gasteiger partial charge >= 0.3 is 5.97 Å². The Morgan fingerprint density at radius 2 is 2.05 bits per heavy atom. The average Bonchev–Trinajstić information content (AvgIpc) is 2.62. The van der Waals surface area contributed by atoms with Crippen LogP contribution in [0.5, 0.6) is 0 Å². The van der Waals surface area contributed by atoms with Gasteiger partial charge in [0.1, 0.15) is 0 Å². The average molecular weight is 295 g/mol. The molecule has 5 heteroatoms. The SMILES string of the molecule is CN1C2CCC1CN(c1cc(Cl)ccc1C(=O)O)CC2. The van der Waals surface area contributed by atoms with Crippen molar-refractivity contribution >= 4 is 23.3 Å². The van der Waals surface area contributed by atoms with Crippen LogP contribution in [0.1, 0.15) is 29.6 Å². The Hall–Kier alpha value is -1.26. The van der Waals surface area contributed by atoms with Gasteiger partial charge in [-0.2, -0.15) is 0 Å². The molecule has 2 fully saturated rings. The van der Waals surface area contributed by atoms with Crippen LogP contribution in [-0.2, 0) is 0 Å². The topological polar surface area (TPSA) is 43.8 Å². The van der Waals surface area contributed by atoms with Crippen molar-refractivity contribution < 1.29 is 9.90 Å². The summed E-state index contributed by atoms with van der Waals surface area (Å²) >= 11 is 6.06. The number of anilines is 1. The third kappa shape index (κ3) is 2.38. The van der Waals surface area contributed by atoms with Gasteiger partial charge in [-0.1, -0.05) is 11.6 Å². The molecule has 2 saturated heterocycles. The predicted molar refractivity (Wildman–Crippen MR) is 79.8 cm³/mol. The van der Waals surface area contributed by atoms with Crippen LogP contribution in [0.2, 0.25) is 5.02 Å². The summed E-state index contributed by atoms with van der Waals surface area (Å²) in [5.41, 5.74) is 1.10. The first kappa shape index (κ1) is 13.7. The maximum absolute atomic E-state index is 11.4. The highest BCUT2D eigenvalue weighted by Gasteiger charge is 2.35. The third-order valence-corrected chi connectivity index (χ3v) is 4.91. The summed E-state index contributed by atoms with van der Waals surface area (Å²) in [7, 11) is 2.18. The number of nitrogens with zero attached hydrogens (tertiary/aromatic N) is 2. The normalized spacial score (nSPS) is 26.6. The molecule has 20 heavy (non-hydrogen) atoms. The fourth-order valence-corrected chi connectivity index (χ4v) is 3.64. The van der Waals surface area contributed by atoms with E-state index < -0.39 is 5.97 Å². The van der Waals surface area contributed by atoms with Gasteiger partial charge in [0.05, 0.1) is 11.3 Å². The van der Waals surface area contributed by atoms with Crippen molar-refractivity contribution in [2.75, 3.05) is 25.0 Å². The maximum Gasteiger partial charge on any atom is 0.337 e. The van der Waals surface area contributed by atoms with Crippen LogP contribution in [0.4, 0.5) is 5.69 Å². The second-order valence-electron chi connectivity index (χ2n) is 5.75. The zero-order valence-corrected chi connectivity index (χ0v) is 12.3. The standard InChI is InChI=1S/C15H19ClN2O2/c1-17-11-3-4-12(17)9-18(7-6-11)14-8-10(16)2-5-13(14)15(19)20/h2,5,8,11-12H,3-4,6-7,9H2,1H3,(H,19,20). The maximum atomic E-state index is 11.4. The van der Waals surface area contributed by atoms with E-state index in [0.717, 1.165) is 25.2 Å². The summed E-state index contributed by atoms with van der Waals surface area (Å²) in [6.45, 7) is 1.78. The van der Waals surface area contributed by atoms with Gasteiger partial charge in [0, 0.05) is 30.2 Å². The van der Waals surface area contributed by atoms with Gasteiger partial charge in [-0.15, -0.1) is 0 Å².